The van der Waals surface area contributed by atoms with Crippen molar-refractivity contribution >= 4 is 58.5 Å². The summed E-state index contributed by atoms with van der Waals surface area (Å²) in [5.74, 6) is -2.44. The number of carbonyl (C=O) groups excluding carboxylic acids is 4. The van der Waals surface area contributed by atoms with E-state index in [4.69, 9.17) is 40.9 Å². The number of esters is 1. The highest BCUT2D eigenvalue weighted by molar-refractivity contribution is 6.40. The van der Waals surface area contributed by atoms with Crippen LogP contribution >= 0.6 is 23.2 Å². The molecule has 0 spiro atoms. The van der Waals surface area contributed by atoms with Gasteiger partial charge in [0.05, 0.1) is 51.9 Å². The van der Waals surface area contributed by atoms with Crippen molar-refractivity contribution in [1.29, 1.82) is 0 Å². The number of carbonyl (C=O) groups is 4. The molecule has 2 aliphatic carbocycles. The Morgan fingerprint density at radius 3 is 1.90 bits per heavy atom. The summed E-state index contributed by atoms with van der Waals surface area (Å²) in [6, 6.07) is 9.60. The lowest BCUT2D eigenvalue weighted by molar-refractivity contribution is -0.152. The third kappa shape index (κ3) is 7.77. The van der Waals surface area contributed by atoms with Crippen LogP contribution in [0.1, 0.15) is 112 Å². The summed E-state index contributed by atoms with van der Waals surface area (Å²) < 4.78 is 62.4. The number of hydrogen-bond donors (Lipinski definition) is 2. The molecule has 0 radical (unpaired) electrons. The molecule has 2 aromatic heterocycles. The van der Waals surface area contributed by atoms with E-state index < -0.39 is 43.3 Å². The maximum atomic E-state index is 14.0. The molecule has 60 heavy (non-hydrogen) atoms. The van der Waals surface area contributed by atoms with Crippen LogP contribution in [0.15, 0.2) is 36.4 Å². The Bertz CT molecular complexity index is 2610. The quantitative estimate of drug-likeness (QED) is 0.161. The first-order valence-corrected chi connectivity index (χ1v) is 20.9. The summed E-state index contributed by atoms with van der Waals surface area (Å²) in [5.41, 5.74) is 1.44. The number of anilines is 2. The third-order valence-electron chi connectivity index (χ3n) is 12.5. The fourth-order valence-electron chi connectivity index (χ4n) is 9.38. The van der Waals surface area contributed by atoms with Gasteiger partial charge in [0.15, 0.2) is 11.6 Å². The number of benzene rings is 2. The number of imidazole rings is 2. The van der Waals surface area contributed by atoms with E-state index >= 15 is 0 Å². The van der Waals surface area contributed by atoms with Gasteiger partial charge >= 0.3 is 12.1 Å². The van der Waals surface area contributed by atoms with Gasteiger partial charge in [-0.3, -0.25) is 19.3 Å². The van der Waals surface area contributed by atoms with Crippen molar-refractivity contribution in [2.24, 2.45) is 24.8 Å². The van der Waals surface area contributed by atoms with Gasteiger partial charge < -0.3 is 34.1 Å². The Hall–Kier alpha value is -4.92. The van der Waals surface area contributed by atoms with E-state index in [2.05, 4.69) is 25.5 Å². The highest BCUT2D eigenvalue weighted by atomic mass is 35.5. The van der Waals surface area contributed by atoms with Crippen molar-refractivity contribution in [2.75, 3.05) is 37.4 Å². The Balaban J connectivity index is 0.989. The molecule has 2 aliphatic heterocycles. The number of hydrogen-bond acceptors (Lipinski definition) is 9. The average Bonchev–Trinajstić information content (AvgIpc) is 4.03. The maximum absolute atomic E-state index is 14.0. The Kier molecular flexibility index (Phi) is 9.18. The van der Waals surface area contributed by atoms with Crippen molar-refractivity contribution in [2.45, 2.75) is 90.8 Å². The molecule has 2 N–H and O–H groups in total. The first kappa shape index (κ1) is 34.8. The second kappa shape index (κ2) is 15.8. The summed E-state index contributed by atoms with van der Waals surface area (Å²) in [7, 11) is 1.45. The molecular weight excluding hydrogens is 807 g/mol. The monoisotopic (exact) mass is 864 g/mol. The average molecular weight is 866 g/mol. The van der Waals surface area contributed by atoms with Crippen LogP contribution in [0.2, 0.25) is 10.0 Å². The van der Waals surface area contributed by atoms with Crippen LogP contribution < -0.4 is 10.6 Å². The smallest absolute Gasteiger partial charge is 0.410 e. The number of fused-ring (bicyclic) bond motifs is 4. The molecule has 2 saturated carbocycles. The van der Waals surface area contributed by atoms with Gasteiger partial charge in [-0.15, -0.1) is 0 Å². The minimum absolute atomic E-state index is 0.0440. The van der Waals surface area contributed by atoms with E-state index in [1.165, 1.54) is 18.1 Å². The number of methoxy groups -OCH3 is 1. The zero-order valence-electron chi connectivity index (χ0n) is 40.0. The SMILES string of the molecule is [2H]C([2H])([2H])n1c(C(=O)Nc2cccc(-c3cccc(NC(=O)c4nc5c(n4C([2H])([2H])[2H])CCN(C(=O)OC(C)(C)C)C5)c3Cl)c2Cl)nc2c1CCN(CCC13CCC(C(=O)OC)(CC1)C3)C2. The van der Waals surface area contributed by atoms with Crippen LogP contribution in [0, 0.1) is 10.8 Å². The molecule has 4 aromatic rings. The maximum Gasteiger partial charge on any atom is 0.410 e. The molecule has 318 valence electrons. The highest BCUT2D eigenvalue weighted by Gasteiger charge is 2.58. The van der Waals surface area contributed by atoms with E-state index in [9.17, 15) is 19.2 Å². The fraction of sp³-hybridized carbons (Fsp3) is 0.500. The Labute approximate surface area is 368 Å². The fourth-order valence-corrected chi connectivity index (χ4v) is 9.93. The Morgan fingerprint density at radius 2 is 1.37 bits per heavy atom. The minimum Gasteiger partial charge on any atom is -0.469 e. The lowest BCUT2D eigenvalue weighted by atomic mass is 9.80. The first-order chi connectivity index (χ1) is 30.9. The molecule has 3 amide bonds. The predicted octanol–water partition coefficient (Wildman–Crippen LogP) is 7.80. The molecule has 14 nitrogen and oxygen atoms in total. The molecule has 16 heteroatoms. The number of ether oxygens (including phenoxy) is 2. The molecule has 2 aromatic carbocycles. The molecular formula is C44H52Cl2N8O6. The number of amides is 3. The molecule has 8 rings (SSSR count). The van der Waals surface area contributed by atoms with Crippen molar-refractivity contribution in [3.05, 3.63) is 80.9 Å². The topological polar surface area (TPSA) is 153 Å². The van der Waals surface area contributed by atoms with Gasteiger partial charge in [-0.25, -0.2) is 14.8 Å². The van der Waals surface area contributed by atoms with Gasteiger partial charge in [-0.05, 0) is 83.4 Å². The second-order valence-corrected chi connectivity index (χ2v) is 18.2. The highest BCUT2D eigenvalue weighted by Crippen LogP contribution is 2.63. The molecule has 2 bridgehead atoms. The zero-order valence-corrected chi connectivity index (χ0v) is 35.6. The summed E-state index contributed by atoms with van der Waals surface area (Å²) >= 11 is 13.9. The normalized spacial score (nSPS) is 22.9. The van der Waals surface area contributed by atoms with Gasteiger partial charge in [-0.1, -0.05) is 47.5 Å². The van der Waals surface area contributed by atoms with Crippen molar-refractivity contribution in [1.82, 2.24) is 28.9 Å². The summed E-state index contributed by atoms with van der Waals surface area (Å²) in [5, 5.41) is 5.55. The van der Waals surface area contributed by atoms with E-state index in [0.29, 0.717) is 47.7 Å². The van der Waals surface area contributed by atoms with Crippen LogP contribution in [0.5, 0.6) is 0 Å². The summed E-state index contributed by atoms with van der Waals surface area (Å²) in [6.07, 6.45) is 5.25. The third-order valence-corrected chi connectivity index (χ3v) is 13.3. The minimum atomic E-state index is -2.78. The van der Waals surface area contributed by atoms with E-state index in [1.807, 2.05) is 0 Å². The molecule has 2 fully saturated rings. The first-order valence-electron chi connectivity index (χ1n) is 23.1. The predicted molar refractivity (Wildman–Crippen MR) is 228 cm³/mol. The Morgan fingerprint density at radius 1 is 0.817 bits per heavy atom. The van der Waals surface area contributed by atoms with Crippen LogP contribution in [0.25, 0.3) is 11.1 Å². The molecule has 4 heterocycles. The number of halogens is 2. The van der Waals surface area contributed by atoms with E-state index in [1.54, 1.807) is 51.1 Å². The standard InChI is InChI=1S/C44H52Cl2N8O6/c1-42(2,3)60-41(58)54-21-14-33-31(24-54)48-37(52(33)5)39(56)50-29-12-8-10-27(35(29)46)26-9-7-11-28(34(26)45)49-38(55)36-47-30-23-53(20-13-32(30)51(36)4)22-19-43-15-17-44(25-43,18-16-43)40(57)59-6/h7-12H,13-25H2,1-6H3,(H,49,55)(H,50,56)/i4D3,5D3. The van der Waals surface area contributed by atoms with Crippen molar-refractivity contribution < 1.29 is 36.9 Å². The van der Waals surface area contributed by atoms with Crippen LogP contribution in [0.4, 0.5) is 16.2 Å². The molecule has 0 unspecified atom stereocenters. The van der Waals surface area contributed by atoms with Gasteiger partial charge in [0.1, 0.15) is 5.60 Å². The summed E-state index contributed by atoms with van der Waals surface area (Å²) in [4.78, 5) is 66.0. The number of nitrogens with zero attached hydrogens (tertiary/aromatic N) is 6. The molecule has 0 atom stereocenters. The lowest BCUT2D eigenvalue weighted by Crippen LogP contribution is -2.40. The molecule has 0 saturated heterocycles. The van der Waals surface area contributed by atoms with Crippen molar-refractivity contribution in [3.63, 3.8) is 0 Å². The second-order valence-electron chi connectivity index (χ2n) is 17.4. The van der Waals surface area contributed by atoms with E-state index in [-0.39, 0.29) is 69.2 Å². The van der Waals surface area contributed by atoms with Gasteiger partial charge in [0, 0.05) is 77.2 Å². The largest absolute Gasteiger partial charge is 0.469 e. The molecule has 4 aliphatic rings. The summed E-state index contributed by atoms with van der Waals surface area (Å²) in [6.45, 7) is 1.53. The number of nitrogens with one attached hydrogen (secondary N) is 2. The van der Waals surface area contributed by atoms with E-state index in [0.717, 1.165) is 54.2 Å². The lowest BCUT2D eigenvalue weighted by Gasteiger charge is -2.32. The van der Waals surface area contributed by atoms with Crippen LogP contribution in [-0.4, -0.2) is 85.1 Å². The number of rotatable bonds is 9. The van der Waals surface area contributed by atoms with Crippen LogP contribution in [0.3, 0.4) is 0 Å². The van der Waals surface area contributed by atoms with Gasteiger partial charge in [-0.2, -0.15) is 0 Å². The van der Waals surface area contributed by atoms with Gasteiger partial charge in [0.2, 0.25) is 0 Å². The van der Waals surface area contributed by atoms with Crippen molar-refractivity contribution in [3.8, 4) is 11.1 Å². The number of aromatic nitrogens is 4. The van der Waals surface area contributed by atoms with Crippen LogP contribution in [-0.2, 0) is 54.2 Å². The van der Waals surface area contributed by atoms with Gasteiger partial charge in [0.25, 0.3) is 11.8 Å². The zero-order chi connectivity index (χ0) is 47.7.